The van der Waals surface area contributed by atoms with Crippen molar-refractivity contribution in [3.8, 4) is 46.0 Å². The van der Waals surface area contributed by atoms with Crippen LogP contribution in [0.4, 0.5) is 0 Å². The summed E-state index contributed by atoms with van der Waals surface area (Å²) in [6.45, 7) is 46.5. The van der Waals surface area contributed by atoms with Gasteiger partial charge in [0.1, 0.15) is 46.0 Å². The third kappa shape index (κ3) is 12.2. The van der Waals surface area contributed by atoms with Crippen molar-refractivity contribution in [2.24, 2.45) is 21.7 Å². The first kappa shape index (κ1) is 62.2. The second kappa shape index (κ2) is 21.9. The van der Waals surface area contributed by atoms with Gasteiger partial charge in [0, 0.05) is 66.3 Å². The quantitative estimate of drug-likeness (QED) is 0.0710. The molecule has 0 fully saturated rings. The molecule has 2 heterocycles. The maximum atomic E-state index is 7.56. The van der Waals surface area contributed by atoms with Crippen LogP contribution in [0.15, 0.2) is 158 Å². The van der Waals surface area contributed by atoms with E-state index >= 15 is 0 Å². The van der Waals surface area contributed by atoms with Crippen LogP contribution >= 0.6 is 0 Å². The number of ether oxygens (including phenoxy) is 4. The number of fused-ring (bicyclic) bond motifs is 4. The molecule has 0 atom stereocenters. The summed E-state index contributed by atoms with van der Waals surface area (Å²) in [5.41, 5.74) is 7.11. The summed E-state index contributed by atoms with van der Waals surface area (Å²) in [6.07, 6.45) is 7.95. The fourth-order valence-corrected chi connectivity index (χ4v) is 16.3. The van der Waals surface area contributed by atoms with Gasteiger partial charge in [0.25, 0.3) is 0 Å². The highest BCUT2D eigenvalue weighted by atomic mass is 16.5. The van der Waals surface area contributed by atoms with Crippen LogP contribution in [0, 0.1) is 21.7 Å². The van der Waals surface area contributed by atoms with E-state index in [0.717, 1.165) is 124 Å². The van der Waals surface area contributed by atoms with Gasteiger partial charge in [0.15, 0.2) is 0 Å². The van der Waals surface area contributed by atoms with Gasteiger partial charge in [-0.3, -0.25) is 9.97 Å². The largest absolute Gasteiger partial charge is 0.457 e. The van der Waals surface area contributed by atoms with E-state index in [9.17, 15) is 0 Å². The summed E-state index contributed by atoms with van der Waals surface area (Å²) >= 11 is 0. The Kier molecular flexibility index (Phi) is 15.1. The maximum absolute atomic E-state index is 7.56. The Bertz CT molecular complexity index is 4350. The molecule has 0 N–H and O–H groups in total. The molecule has 0 bridgehead atoms. The lowest BCUT2D eigenvalue weighted by Crippen LogP contribution is -2.24. The molecule has 0 saturated carbocycles. The van der Waals surface area contributed by atoms with Gasteiger partial charge >= 0.3 is 0 Å². The Morgan fingerprint density at radius 3 is 0.811 bits per heavy atom. The molecule has 6 nitrogen and oxygen atoms in total. The van der Waals surface area contributed by atoms with Crippen molar-refractivity contribution in [3.63, 3.8) is 0 Å². The van der Waals surface area contributed by atoms with Crippen molar-refractivity contribution < 1.29 is 18.9 Å². The highest BCUT2D eigenvalue weighted by Gasteiger charge is 2.34. The zero-order chi connectivity index (χ0) is 64.5. The summed E-state index contributed by atoms with van der Waals surface area (Å²) in [4.78, 5) is 10.5. The molecule has 6 heteroatoms. The zero-order valence-electron chi connectivity index (χ0n) is 57.4. The predicted molar refractivity (Wildman–Crippen MR) is 381 cm³/mol. The zero-order valence-corrected chi connectivity index (χ0v) is 57.4. The molecule has 0 radical (unpaired) electrons. The number of nitrogens with zero attached hydrogens (tertiary/aromatic N) is 2. The van der Waals surface area contributed by atoms with Gasteiger partial charge in [0.2, 0.25) is 0 Å². The van der Waals surface area contributed by atoms with Crippen LogP contribution in [0.5, 0.6) is 46.0 Å². The highest BCUT2D eigenvalue weighted by molar-refractivity contribution is 6.44. The van der Waals surface area contributed by atoms with Crippen LogP contribution in [-0.2, 0) is 21.7 Å². The van der Waals surface area contributed by atoms with Crippen molar-refractivity contribution in [2.75, 3.05) is 0 Å². The molecule has 10 aromatic carbocycles. The van der Waals surface area contributed by atoms with Crippen LogP contribution < -0.4 is 18.9 Å². The van der Waals surface area contributed by atoms with E-state index in [1.807, 2.05) is 12.4 Å². The van der Waals surface area contributed by atoms with E-state index in [-0.39, 0.29) is 43.3 Å². The highest BCUT2D eigenvalue weighted by Crippen LogP contribution is 2.58. The average molecular weight is 1200 g/mol. The van der Waals surface area contributed by atoms with E-state index in [1.54, 1.807) is 0 Å². The standard InChI is InChI=1S/C84H94N2O4/c1-77(2,3)47-81(13,14)53-23-31-57(32-24-53)87-63-39-21-51-22-40-64(88-58-33-25-54(26-34-58)82(15,16)48-78(4,5)6)71-67(51)70(63)72-65(89-59-35-27-55(28-36-59)83(17,18)49-79(7,8)9)45-61-69-62(76-68-52(42-44-86-76)41-43-85-75(61)68)46-66(73(71)74(69)72)90-60-37-29-56(30-38-60)84(19,20)50-80(10,11)12/h21-46H,47-50H2,1-20H3. The average Bonchev–Trinajstić information content (AvgIpc) is 0.679. The fourth-order valence-electron chi connectivity index (χ4n) is 16.3. The normalized spacial score (nSPS) is 13.5. The molecule has 12 aromatic rings. The molecule has 12 rings (SSSR count). The monoisotopic (exact) mass is 1190 g/mol. The molecule has 0 aliphatic carbocycles. The molecule has 0 amide bonds. The smallest absolute Gasteiger partial charge is 0.136 e. The van der Waals surface area contributed by atoms with Gasteiger partial charge < -0.3 is 18.9 Å². The first-order valence-corrected chi connectivity index (χ1v) is 32.7. The van der Waals surface area contributed by atoms with Crippen LogP contribution in [0.3, 0.4) is 0 Å². The second-order valence-electron chi connectivity index (χ2n) is 33.7. The summed E-state index contributed by atoms with van der Waals surface area (Å²) in [5, 5.41) is 11.4. The minimum atomic E-state index is -0.0663. The lowest BCUT2D eigenvalue weighted by molar-refractivity contribution is 0.283. The van der Waals surface area contributed by atoms with E-state index in [1.165, 1.54) is 22.3 Å². The third-order valence-electron chi connectivity index (χ3n) is 18.5. The van der Waals surface area contributed by atoms with E-state index < -0.39 is 0 Å². The Morgan fingerprint density at radius 1 is 0.256 bits per heavy atom. The summed E-state index contributed by atoms with van der Waals surface area (Å²) in [6, 6.07) is 52.2. The summed E-state index contributed by atoms with van der Waals surface area (Å²) in [5.74, 6) is 5.64. The molecule has 0 aliphatic heterocycles. The van der Waals surface area contributed by atoms with Crippen LogP contribution in [0.25, 0.3) is 75.7 Å². The van der Waals surface area contributed by atoms with Crippen molar-refractivity contribution in [2.45, 2.75) is 186 Å². The molecular formula is C84H94N2O4. The molecule has 2 aromatic heterocycles. The fraction of sp³-hybridized carbons (Fsp3) is 0.381. The lowest BCUT2D eigenvalue weighted by atomic mass is 9.72. The summed E-state index contributed by atoms with van der Waals surface area (Å²) < 4.78 is 29.9. The van der Waals surface area contributed by atoms with Crippen LogP contribution in [0.2, 0.25) is 0 Å². The first-order valence-electron chi connectivity index (χ1n) is 32.7. The predicted octanol–water partition coefficient (Wildman–Crippen LogP) is 25.4. The molecule has 0 spiro atoms. The van der Waals surface area contributed by atoms with Gasteiger partial charge in [-0.1, -0.05) is 199 Å². The number of aromatic nitrogens is 2. The van der Waals surface area contributed by atoms with Crippen molar-refractivity contribution in [3.05, 3.63) is 180 Å². The number of benzene rings is 10. The topological polar surface area (TPSA) is 62.7 Å². The minimum absolute atomic E-state index is 0.0517. The molecule has 90 heavy (non-hydrogen) atoms. The molecule has 0 aliphatic rings. The number of hydrogen-bond acceptors (Lipinski definition) is 6. The second-order valence-corrected chi connectivity index (χ2v) is 33.7. The first-order chi connectivity index (χ1) is 42.0. The minimum Gasteiger partial charge on any atom is -0.457 e. The number of rotatable bonds is 16. The van der Waals surface area contributed by atoms with Crippen LogP contribution in [0.1, 0.15) is 186 Å². The number of pyridine rings is 2. The van der Waals surface area contributed by atoms with Crippen molar-refractivity contribution >= 4 is 75.7 Å². The van der Waals surface area contributed by atoms with E-state index in [2.05, 4.69) is 284 Å². The van der Waals surface area contributed by atoms with Gasteiger partial charge in [-0.05, 0) is 187 Å². The van der Waals surface area contributed by atoms with Crippen molar-refractivity contribution in [1.29, 1.82) is 0 Å². The Hall–Kier alpha value is -7.96. The van der Waals surface area contributed by atoms with Gasteiger partial charge in [-0.15, -0.1) is 0 Å². The Morgan fingerprint density at radius 2 is 0.522 bits per heavy atom. The van der Waals surface area contributed by atoms with E-state index in [4.69, 9.17) is 28.9 Å². The van der Waals surface area contributed by atoms with E-state index in [0.29, 0.717) is 23.0 Å². The molecular weight excluding hydrogens is 1100 g/mol. The van der Waals surface area contributed by atoms with Gasteiger partial charge in [0.05, 0.1) is 11.0 Å². The molecule has 0 saturated heterocycles. The van der Waals surface area contributed by atoms with Gasteiger partial charge in [-0.25, -0.2) is 0 Å². The lowest BCUT2D eigenvalue weighted by Gasteiger charge is -2.33. The maximum Gasteiger partial charge on any atom is 0.136 e. The Balaban J connectivity index is 1.19. The van der Waals surface area contributed by atoms with Gasteiger partial charge in [-0.2, -0.15) is 0 Å². The molecule has 0 unspecified atom stereocenters. The summed E-state index contributed by atoms with van der Waals surface area (Å²) in [7, 11) is 0. The molecule has 464 valence electrons. The van der Waals surface area contributed by atoms with Crippen LogP contribution in [-0.4, -0.2) is 9.97 Å². The third-order valence-corrected chi connectivity index (χ3v) is 18.5. The SMILES string of the molecule is CC(C)(C)CC(C)(C)c1ccc(Oc2ccc3ccc(Oc4ccc(C(C)(C)CC(C)(C)C)cc4)c4c5c(Oc6ccc(C(C)(C)CC(C)(C)C)cc6)cc6c7nccc8ccnc(c9cc(Oc%10ccc(C(C)(C)CC(C)(C)C)cc%10)c(c2c34)c5c96)c87)cc1. The number of hydrogen-bond donors (Lipinski definition) is 0. The Labute approximate surface area is 535 Å². The van der Waals surface area contributed by atoms with Crippen molar-refractivity contribution in [1.82, 2.24) is 9.97 Å².